The molecule has 0 saturated heterocycles. The van der Waals surface area contributed by atoms with E-state index in [1.54, 1.807) is 35.5 Å². The summed E-state index contributed by atoms with van der Waals surface area (Å²) < 4.78 is 2.08. The molecule has 1 amide bonds. The lowest BCUT2D eigenvalue weighted by atomic mass is 10.2. The molecule has 30 heavy (non-hydrogen) atoms. The van der Waals surface area contributed by atoms with Crippen LogP contribution in [-0.4, -0.2) is 31.4 Å². The molecule has 0 unspecified atom stereocenters. The molecule has 0 saturated carbocycles. The molecule has 0 spiro atoms. The second-order valence-corrected chi connectivity index (χ2v) is 8.55. The number of thiophene rings is 1. The van der Waals surface area contributed by atoms with Gasteiger partial charge in [-0.3, -0.25) is 14.3 Å². The highest BCUT2D eigenvalue weighted by molar-refractivity contribution is 7.99. The number of carbonyl (C=O) groups excluding carboxylic acids is 1. The van der Waals surface area contributed by atoms with E-state index in [9.17, 15) is 4.79 Å². The van der Waals surface area contributed by atoms with Crippen LogP contribution in [0, 0.1) is 0 Å². The van der Waals surface area contributed by atoms with Crippen molar-refractivity contribution in [2.75, 3.05) is 5.75 Å². The number of rotatable bonds is 9. The number of hydrogen-bond acceptors (Lipinski definition) is 6. The van der Waals surface area contributed by atoms with Crippen molar-refractivity contribution >= 4 is 29.0 Å². The van der Waals surface area contributed by atoms with Crippen molar-refractivity contribution in [3.05, 3.63) is 77.9 Å². The van der Waals surface area contributed by atoms with Crippen LogP contribution in [0.2, 0.25) is 0 Å². The summed E-state index contributed by atoms with van der Waals surface area (Å²) in [6, 6.07) is 18.0. The first-order valence-electron chi connectivity index (χ1n) is 9.64. The van der Waals surface area contributed by atoms with Crippen molar-refractivity contribution in [2.24, 2.45) is 0 Å². The van der Waals surface area contributed by atoms with Crippen LogP contribution in [0.5, 0.6) is 0 Å². The number of nitrogens with zero attached hydrogens (tertiary/aromatic N) is 4. The molecular weight excluding hydrogens is 414 g/mol. The van der Waals surface area contributed by atoms with Gasteiger partial charge in [-0.05, 0) is 47.7 Å². The van der Waals surface area contributed by atoms with Gasteiger partial charge in [-0.1, -0.05) is 36.0 Å². The Balaban J connectivity index is 1.35. The summed E-state index contributed by atoms with van der Waals surface area (Å²) in [5, 5.41) is 14.7. The zero-order valence-corrected chi connectivity index (χ0v) is 17.9. The molecule has 0 atom stereocenters. The largest absolute Gasteiger partial charge is 0.352 e. The van der Waals surface area contributed by atoms with Gasteiger partial charge in [0.05, 0.1) is 4.88 Å². The number of hydrogen-bond donors (Lipinski definition) is 1. The van der Waals surface area contributed by atoms with Crippen LogP contribution in [-0.2, 0) is 11.3 Å². The predicted octanol–water partition coefficient (Wildman–Crippen LogP) is 4.58. The maximum atomic E-state index is 12.1. The molecule has 8 heteroatoms. The molecule has 6 nitrogen and oxygen atoms in total. The predicted molar refractivity (Wildman–Crippen MR) is 121 cm³/mol. The molecule has 1 aromatic carbocycles. The highest BCUT2D eigenvalue weighted by Gasteiger charge is 2.16. The number of pyridine rings is 1. The average Bonchev–Trinajstić information content (AvgIpc) is 3.46. The summed E-state index contributed by atoms with van der Waals surface area (Å²) in [6.45, 7) is 0.529. The monoisotopic (exact) mass is 435 g/mol. The topological polar surface area (TPSA) is 72.7 Å². The molecule has 0 bridgehead atoms. The lowest BCUT2D eigenvalue weighted by molar-refractivity contribution is -0.121. The minimum Gasteiger partial charge on any atom is -0.352 e. The molecule has 1 N–H and O–H groups in total. The zero-order chi connectivity index (χ0) is 20.6. The van der Waals surface area contributed by atoms with Gasteiger partial charge in [-0.2, -0.15) is 0 Å². The molecule has 3 heterocycles. The summed E-state index contributed by atoms with van der Waals surface area (Å²) >= 11 is 3.27. The van der Waals surface area contributed by atoms with Crippen molar-refractivity contribution in [1.82, 2.24) is 25.1 Å². The Morgan fingerprint density at radius 1 is 1.03 bits per heavy atom. The lowest BCUT2D eigenvalue weighted by Gasteiger charge is -2.09. The maximum Gasteiger partial charge on any atom is 0.220 e. The maximum absolute atomic E-state index is 12.1. The van der Waals surface area contributed by atoms with Gasteiger partial charge in [0.1, 0.15) is 0 Å². The standard InChI is InChI=1S/C22H21N5OS2/c28-20(24-16-17-10-12-23-13-11-17)9-5-15-30-22-26-25-21(19-8-4-14-29-19)27(22)18-6-2-1-3-7-18/h1-4,6-8,10-14H,5,9,15-16H2,(H,24,28). The Morgan fingerprint density at radius 2 is 1.87 bits per heavy atom. The first-order valence-corrected chi connectivity index (χ1v) is 11.5. The quantitative estimate of drug-likeness (QED) is 0.308. The fraction of sp³-hybridized carbons (Fsp3) is 0.182. The number of carbonyl (C=O) groups is 1. The lowest BCUT2D eigenvalue weighted by Crippen LogP contribution is -2.22. The molecule has 0 aliphatic carbocycles. The van der Waals surface area contributed by atoms with E-state index in [2.05, 4.69) is 43.3 Å². The second kappa shape index (κ2) is 10.2. The third kappa shape index (κ3) is 5.14. The van der Waals surface area contributed by atoms with Gasteiger partial charge in [0.2, 0.25) is 5.91 Å². The van der Waals surface area contributed by atoms with Gasteiger partial charge < -0.3 is 5.32 Å². The first kappa shape index (κ1) is 20.3. The normalized spacial score (nSPS) is 10.8. The van der Waals surface area contributed by atoms with Gasteiger partial charge in [0, 0.05) is 36.8 Å². The highest BCUT2D eigenvalue weighted by atomic mass is 32.2. The number of amides is 1. The Hall–Kier alpha value is -2.97. The molecule has 0 fully saturated rings. The first-order chi connectivity index (χ1) is 14.8. The minimum absolute atomic E-state index is 0.0520. The van der Waals surface area contributed by atoms with E-state index < -0.39 is 0 Å². The summed E-state index contributed by atoms with van der Waals surface area (Å²) in [5.74, 6) is 1.68. The summed E-state index contributed by atoms with van der Waals surface area (Å²) in [4.78, 5) is 17.2. The van der Waals surface area contributed by atoms with Gasteiger partial charge in [-0.25, -0.2) is 0 Å². The molecule has 0 aliphatic rings. The van der Waals surface area contributed by atoms with E-state index in [0.717, 1.165) is 39.3 Å². The van der Waals surface area contributed by atoms with Crippen LogP contribution in [0.15, 0.2) is 77.5 Å². The summed E-state index contributed by atoms with van der Waals surface area (Å²) in [5.41, 5.74) is 2.08. The molecule has 0 radical (unpaired) electrons. The molecule has 3 aromatic heterocycles. The van der Waals surface area contributed by atoms with E-state index in [1.807, 2.05) is 41.8 Å². The fourth-order valence-electron chi connectivity index (χ4n) is 2.92. The van der Waals surface area contributed by atoms with Crippen LogP contribution < -0.4 is 5.32 Å². The van der Waals surface area contributed by atoms with Gasteiger partial charge in [0.15, 0.2) is 11.0 Å². The number of para-hydroxylation sites is 1. The number of nitrogens with one attached hydrogen (secondary N) is 1. The number of thioether (sulfide) groups is 1. The van der Waals surface area contributed by atoms with Crippen LogP contribution in [0.25, 0.3) is 16.4 Å². The third-order valence-electron chi connectivity index (χ3n) is 4.41. The van der Waals surface area contributed by atoms with Crippen molar-refractivity contribution in [3.63, 3.8) is 0 Å². The molecule has 0 aliphatic heterocycles. The van der Waals surface area contributed by atoms with Crippen molar-refractivity contribution in [3.8, 4) is 16.4 Å². The summed E-state index contributed by atoms with van der Waals surface area (Å²) in [7, 11) is 0. The van der Waals surface area contributed by atoms with Crippen LogP contribution >= 0.6 is 23.1 Å². The summed E-state index contributed by atoms with van der Waals surface area (Å²) in [6.07, 6.45) is 4.70. The Labute approximate surface area is 183 Å². The highest BCUT2D eigenvalue weighted by Crippen LogP contribution is 2.30. The Bertz CT molecular complexity index is 1070. The van der Waals surface area contributed by atoms with E-state index in [0.29, 0.717) is 13.0 Å². The molecular formula is C22H21N5OS2. The second-order valence-electron chi connectivity index (χ2n) is 6.54. The Morgan fingerprint density at radius 3 is 2.63 bits per heavy atom. The number of aromatic nitrogens is 4. The van der Waals surface area contributed by atoms with E-state index in [1.165, 1.54) is 0 Å². The zero-order valence-electron chi connectivity index (χ0n) is 16.3. The number of benzene rings is 1. The smallest absolute Gasteiger partial charge is 0.220 e. The van der Waals surface area contributed by atoms with E-state index >= 15 is 0 Å². The van der Waals surface area contributed by atoms with Crippen molar-refractivity contribution in [1.29, 1.82) is 0 Å². The van der Waals surface area contributed by atoms with E-state index in [-0.39, 0.29) is 5.91 Å². The van der Waals surface area contributed by atoms with Crippen LogP contribution in [0.4, 0.5) is 0 Å². The van der Waals surface area contributed by atoms with Gasteiger partial charge in [0.25, 0.3) is 0 Å². The van der Waals surface area contributed by atoms with Gasteiger partial charge >= 0.3 is 0 Å². The fourth-order valence-corrected chi connectivity index (χ4v) is 4.51. The van der Waals surface area contributed by atoms with E-state index in [4.69, 9.17) is 0 Å². The SMILES string of the molecule is O=C(CCCSc1nnc(-c2cccs2)n1-c1ccccc1)NCc1ccncc1. The third-order valence-corrected chi connectivity index (χ3v) is 6.29. The molecule has 152 valence electrons. The average molecular weight is 436 g/mol. The minimum atomic E-state index is 0.0520. The molecule has 4 aromatic rings. The van der Waals surface area contributed by atoms with Crippen LogP contribution in [0.1, 0.15) is 18.4 Å². The van der Waals surface area contributed by atoms with Crippen molar-refractivity contribution < 1.29 is 4.79 Å². The Kier molecular flexibility index (Phi) is 6.89. The molecule has 4 rings (SSSR count). The van der Waals surface area contributed by atoms with Crippen molar-refractivity contribution in [2.45, 2.75) is 24.5 Å². The van der Waals surface area contributed by atoms with Gasteiger partial charge in [-0.15, -0.1) is 21.5 Å². The van der Waals surface area contributed by atoms with Crippen LogP contribution in [0.3, 0.4) is 0 Å².